The first kappa shape index (κ1) is 18.5. The number of methoxy groups -OCH3 is 1. The lowest BCUT2D eigenvalue weighted by Crippen LogP contribution is -2.28. The zero-order valence-electron chi connectivity index (χ0n) is 16.1. The molecule has 0 saturated heterocycles. The van der Waals surface area contributed by atoms with Crippen molar-refractivity contribution in [1.29, 1.82) is 0 Å². The molecule has 5 heteroatoms. The summed E-state index contributed by atoms with van der Waals surface area (Å²) in [6.07, 6.45) is 3.13. The van der Waals surface area contributed by atoms with Crippen LogP contribution < -0.4 is 15.0 Å². The Morgan fingerprint density at radius 3 is 2.69 bits per heavy atom. The van der Waals surface area contributed by atoms with Crippen molar-refractivity contribution in [3.8, 4) is 11.5 Å². The zero-order valence-corrected chi connectivity index (χ0v) is 16.1. The lowest BCUT2D eigenvalue weighted by Gasteiger charge is -2.19. The van der Waals surface area contributed by atoms with E-state index < -0.39 is 0 Å². The van der Waals surface area contributed by atoms with Gasteiger partial charge in [0.2, 0.25) is 0 Å². The Hall–Kier alpha value is -2.30. The Morgan fingerprint density at radius 2 is 2.00 bits per heavy atom. The summed E-state index contributed by atoms with van der Waals surface area (Å²) >= 11 is 0. The highest BCUT2D eigenvalue weighted by molar-refractivity contribution is 6.00. The second-order valence-corrected chi connectivity index (χ2v) is 8.12. The van der Waals surface area contributed by atoms with Crippen molar-refractivity contribution >= 4 is 16.7 Å². The second kappa shape index (κ2) is 7.14. The van der Waals surface area contributed by atoms with Crippen LogP contribution in [0.25, 0.3) is 10.9 Å². The Labute approximate surface area is 153 Å². The minimum atomic E-state index is -0.230. The van der Waals surface area contributed by atoms with E-state index in [1.165, 1.54) is 0 Å². The number of benzene rings is 1. The van der Waals surface area contributed by atoms with Crippen LogP contribution in [0.2, 0.25) is 0 Å². The van der Waals surface area contributed by atoms with E-state index in [-0.39, 0.29) is 22.3 Å². The fourth-order valence-corrected chi connectivity index (χ4v) is 3.44. The van der Waals surface area contributed by atoms with Crippen molar-refractivity contribution in [2.45, 2.75) is 53.0 Å². The highest BCUT2D eigenvalue weighted by Crippen LogP contribution is 2.36. The van der Waals surface area contributed by atoms with Crippen LogP contribution in [0.15, 0.2) is 23.0 Å². The highest BCUT2D eigenvalue weighted by atomic mass is 16.5. The number of pyridine rings is 1. The van der Waals surface area contributed by atoms with Gasteiger partial charge in [0.25, 0.3) is 5.56 Å². The molecule has 1 aliphatic rings. The monoisotopic (exact) mass is 357 g/mol. The Balaban J connectivity index is 2.26. The fraction of sp³-hybridized carbons (Fsp3) is 0.524. The maximum atomic E-state index is 13.2. The number of nitrogens with zero attached hydrogens (tertiary/aromatic N) is 1. The van der Waals surface area contributed by atoms with Gasteiger partial charge < -0.3 is 14.0 Å². The quantitative estimate of drug-likeness (QED) is 0.773. The number of Topliss-reactive ketones (excluding diaryl/α,β-unsaturated/α-hetero) is 1. The highest BCUT2D eigenvalue weighted by Gasteiger charge is 2.24. The summed E-state index contributed by atoms with van der Waals surface area (Å²) in [5.41, 5.74) is 0.596. The number of carbonyl (C=O) groups excluding carboxylic acids is 1. The molecule has 2 heterocycles. The van der Waals surface area contributed by atoms with E-state index >= 15 is 0 Å². The molecule has 2 aromatic rings. The summed E-state index contributed by atoms with van der Waals surface area (Å²) in [5, 5.41) is 0.833. The molecule has 5 nitrogen and oxygen atoms in total. The normalized spacial score (nSPS) is 14.9. The third-order valence-corrected chi connectivity index (χ3v) is 4.66. The predicted octanol–water partition coefficient (Wildman–Crippen LogP) is 4.19. The third-order valence-electron chi connectivity index (χ3n) is 4.66. The molecule has 3 rings (SSSR count). The van der Waals surface area contributed by atoms with Gasteiger partial charge in [0, 0.05) is 18.4 Å². The van der Waals surface area contributed by atoms with E-state index in [1.807, 2.05) is 32.9 Å². The van der Waals surface area contributed by atoms with Crippen LogP contribution in [0.5, 0.6) is 11.5 Å². The van der Waals surface area contributed by atoms with Gasteiger partial charge >= 0.3 is 0 Å². The van der Waals surface area contributed by atoms with Crippen molar-refractivity contribution in [2.75, 3.05) is 13.7 Å². The Bertz CT molecular complexity index is 889. The van der Waals surface area contributed by atoms with Crippen molar-refractivity contribution in [2.24, 2.45) is 5.41 Å². The van der Waals surface area contributed by atoms with Crippen LogP contribution >= 0.6 is 0 Å². The molecule has 0 fully saturated rings. The number of rotatable bonds is 3. The first-order valence-corrected chi connectivity index (χ1v) is 9.22. The molecule has 0 amide bonds. The lowest BCUT2D eigenvalue weighted by molar-refractivity contribution is 0.0938. The standard InChI is InChI=1S/C21H27NO4/c1-21(2,3)13-16(23)15-12-14-8-9-17(25-4)19-18(14)22(20(15)24)10-6-5-7-11-26-19/h8-9,12H,5-7,10-11,13H2,1-4H3. The second-order valence-electron chi connectivity index (χ2n) is 8.12. The van der Waals surface area contributed by atoms with Gasteiger partial charge in [0.05, 0.1) is 24.8 Å². The van der Waals surface area contributed by atoms with Crippen molar-refractivity contribution < 1.29 is 14.3 Å². The van der Waals surface area contributed by atoms with Crippen molar-refractivity contribution in [3.05, 3.63) is 34.1 Å². The van der Waals surface area contributed by atoms with E-state index in [1.54, 1.807) is 17.7 Å². The van der Waals surface area contributed by atoms with Gasteiger partial charge in [-0.05, 0) is 42.9 Å². The lowest BCUT2D eigenvalue weighted by atomic mass is 9.88. The minimum absolute atomic E-state index is 0.105. The van der Waals surface area contributed by atoms with Crippen LogP contribution in [0.4, 0.5) is 0 Å². The summed E-state index contributed by atoms with van der Waals surface area (Å²) in [4.78, 5) is 25.9. The maximum absolute atomic E-state index is 13.2. The van der Waals surface area contributed by atoms with Gasteiger partial charge in [-0.3, -0.25) is 9.59 Å². The van der Waals surface area contributed by atoms with Gasteiger partial charge in [-0.2, -0.15) is 0 Å². The van der Waals surface area contributed by atoms with Crippen LogP contribution in [-0.2, 0) is 6.54 Å². The maximum Gasteiger partial charge on any atom is 0.262 e. The number of ketones is 1. The number of aryl methyl sites for hydroxylation is 1. The third kappa shape index (κ3) is 3.62. The number of aromatic nitrogens is 1. The van der Waals surface area contributed by atoms with E-state index in [4.69, 9.17) is 9.47 Å². The van der Waals surface area contributed by atoms with Gasteiger partial charge in [-0.25, -0.2) is 0 Å². The fourth-order valence-electron chi connectivity index (χ4n) is 3.44. The topological polar surface area (TPSA) is 57.5 Å². The van der Waals surface area contributed by atoms with Gasteiger partial charge in [0.15, 0.2) is 17.3 Å². The number of hydrogen-bond donors (Lipinski definition) is 0. The molecule has 0 unspecified atom stereocenters. The summed E-state index contributed by atoms with van der Waals surface area (Å²) in [6.45, 7) is 7.18. The molecule has 1 aromatic heterocycles. The molecule has 26 heavy (non-hydrogen) atoms. The molecule has 0 atom stereocenters. The SMILES string of the molecule is COc1ccc2cc(C(=O)CC(C)(C)C)c(=O)n3c2c1OCCCCC3. The molecule has 1 aliphatic heterocycles. The molecular formula is C21H27NO4. The van der Waals surface area contributed by atoms with Gasteiger partial charge in [-0.1, -0.05) is 20.8 Å². The molecule has 0 saturated carbocycles. The molecule has 0 aliphatic carbocycles. The molecule has 0 radical (unpaired) electrons. The summed E-state index contributed by atoms with van der Waals surface area (Å²) in [6, 6.07) is 5.44. The smallest absolute Gasteiger partial charge is 0.262 e. The number of carbonyl (C=O) groups is 1. The van der Waals surface area contributed by atoms with Crippen LogP contribution in [0, 0.1) is 5.41 Å². The first-order chi connectivity index (χ1) is 12.3. The molecule has 0 N–H and O–H groups in total. The molecular weight excluding hydrogens is 330 g/mol. The van der Waals surface area contributed by atoms with Crippen LogP contribution in [-0.4, -0.2) is 24.1 Å². The largest absolute Gasteiger partial charge is 0.493 e. The molecule has 0 spiro atoms. The molecule has 1 aromatic carbocycles. The van der Waals surface area contributed by atoms with E-state index in [9.17, 15) is 9.59 Å². The van der Waals surface area contributed by atoms with Gasteiger partial charge in [-0.15, -0.1) is 0 Å². The molecule has 140 valence electrons. The summed E-state index contributed by atoms with van der Waals surface area (Å²) in [7, 11) is 1.59. The zero-order chi connectivity index (χ0) is 18.9. The minimum Gasteiger partial charge on any atom is -0.493 e. The van der Waals surface area contributed by atoms with Crippen molar-refractivity contribution in [1.82, 2.24) is 4.57 Å². The molecule has 0 bridgehead atoms. The first-order valence-electron chi connectivity index (χ1n) is 9.22. The van der Waals surface area contributed by atoms with Gasteiger partial charge in [0.1, 0.15) is 0 Å². The van der Waals surface area contributed by atoms with E-state index in [0.29, 0.717) is 31.1 Å². The van der Waals surface area contributed by atoms with Crippen molar-refractivity contribution in [3.63, 3.8) is 0 Å². The Morgan fingerprint density at radius 1 is 1.23 bits per heavy atom. The summed E-state index contributed by atoms with van der Waals surface area (Å²) in [5.74, 6) is 1.10. The summed E-state index contributed by atoms with van der Waals surface area (Å²) < 4.78 is 13.1. The predicted molar refractivity (Wildman–Crippen MR) is 103 cm³/mol. The van der Waals surface area contributed by atoms with E-state index in [2.05, 4.69) is 0 Å². The average Bonchev–Trinajstić information content (AvgIpc) is 2.67. The van der Waals surface area contributed by atoms with E-state index in [0.717, 1.165) is 30.2 Å². The van der Waals surface area contributed by atoms with Crippen LogP contribution in [0.3, 0.4) is 0 Å². The number of ether oxygens (including phenoxy) is 2. The van der Waals surface area contributed by atoms with Crippen LogP contribution in [0.1, 0.15) is 56.8 Å². The average molecular weight is 357 g/mol. The Kier molecular flexibility index (Phi) is 5.08. The number of hydrogen-bond acceptors (Lipinski definition) is 4.